The van der Waals surface area contributed by atoms with Crippen LogP contribution < -0.4 is 10.1 Å². The van der Waals surface area contributed by atoms with E-state index >= 15 is 0 Å². The summed E-state index contributed by atoms with van der Waals surface area (Å²) >= 11 is 1.59. The average Bonchev–Trinajstić information content (AvgIpc) is 3.27. The number of thioether (sulfide) groups is 1. The molecule has 3 aromatic carbocycles. The number of nitrogens with zero attached hydrogens (tertiary/aromatic N) is 2. The molecule has 0 bridgehead atoms. The van der Waals surface area contributed by atoms with Crippen LogP contribution in [0, 0.1) is 0 Å². The minimum Gasteiger partial charge on any atom is -0.492 e. The summed E-state index contributed by atoms with van der Waals surface area (Å²) in [6.07, 6.45) is 0. The maximum Gasteiger partial charge on any atom is 0.251 e. The SMILES string of the molecule is CN(C)S(=O)(=O)c1ccc(OCCNC(=O)c2ccc([C@H]3SCC(=O)N3Cc3ccccc3)cc2)cc1. The molecule has 8 nitrogen and oxygen atoms in total. The molecule has 1 saturated heterocycles. The van der Waals surface area contributed by atoms with Gasteiger partial charge in [-0.25, -0.2) is 12.7 Å². The highest BCUT2D eigenvalue weighted by atomic mass is 32.2. The summed E-state index contributed by atoms with van der Waals surface area (Å²) in [7, 11) is -0.535. The standard InChI is InChI=1S/C27H29N3O5S2/c1-29(2)37(33,34)24-14-12-23(13-15-24)35-17-16-28-26(32)21-8-10-22(11-9-21)27-30(25(31)19-36-27)18-20-6-4-3-5-7-20/h3-15,27H,16-19H2,1-2H3,(H,28,32)/t27-/m1/s1. The number of rotatable bonds is 10. The van der Waals surface area contributed by atoms with Crippen LogP contribution >= 0.6 is 11.8 Å². The van der Waals surface area contributed by atoms with Crippen LogP contribution in [0.25, 0.3) is 0 Å². The van der Waals surface area contributed by atoms with Crippen molar-refractivity contribution in [3.8, 4) is 5.75 Å². The Balaban J connectivity index is 1.27. The Kier molecular flexibility index (Phi) is 8.52. The zero-order chi connectivity index (χ0) is 26.4. The molecule has 1 aliphatic rings. The van der Waals surface area contributed by atoms with Gasteiger partial charge < -0.3 is 15.0 Å². The van der Waals surface area contributed by atoms with Gasteiger partial charge in [0.15, 0.2) is 0 Å². The van der Waals surface area contributed by atoms with Gasteiger partial charge in [-0.15, -0.1) is 11.8 Å². The molecule has 1 aliphatic heterocycles. The van der Waals surface area contributed by atoms with Crippen molar-refractivity contribution in [3.05, 3.63) is 95.6 Å². The van der Waals surface area contributed by atoms with Crippen LogP contribution in [0.4, 0.5) is 0 Å². The predicted octanol–water partition coefficient (Wildman–Crippen LogP) is 3.52. The minimum atomic E-state index is -3.49. The van der Waals surface area contributed by atoms with Crippen molar-refractivity contribution in [2.75, 3.05) is 33.0 Å². The number of benzene rings is 3. The van der Waals surface area contributed by atoms with Gasteiger partial charge in [0.2, 0.25) is 15.9 Å². The lowest BCUT2D eigenvalue weighted by atomic mass is 10.1. The molecule has 194 valence electrons. The maximum atomic E-state index is 12.6. The first kappa shape index (κ1) is 26.7. The number of hydrogen-bond acceptors (Lipinski definition) is 6. The lowest BCUT2D eigenvalue weighted by Crippen LogP contribution is -2.28. The van der Waals surface area contributed by atoms with Crippen LogP contribution in [0.15, 0.2) is 83.8 Å². The Morgan fingerprint density at radius 3 is 2.35 bits per heavy atom. The Bertz CT molecular complexity index is 1330. The minimum absolute atomic E-state index is 0.0858. The second-order valence-electron chi connectivity index (χ2n) is 8.66. The molecule has 0 aromatic heterocycles. The first-order valence-corrected chi connectivity index (χ1v) is 14.2. The van der Waals surface area contributed by atoms with Gasteiger partial charge in [-0.2, -0.15) is 0 Å². The van der Waals surface area contributed by atoms with E-state index in [1.165, 1.54) is 26.2 Å². The smallest absolute Gasteiger partial charge is 0.251 e. The number of carbonyl (C=O) groups excluding carboxylic acids is 2. The summed E-state index contributed by atoms with van der Waals surface area (Å²) in [5.41, 5.74) is 2.58. The van der Waals surface area contributed by atoms with Crippen LogP contribution in [-0.4, -0.2) is 62.4 Å². The molecule has 10 heteroatoms. The summed E-state index contributed by atoms with van der Waals surface area (Å²) in [6, 6.07) is 23.4. The zero-order valence-electron chi connectivity index (χ0n) is 20.7. The largest absolute Gasteiger partial charge is 0.492 e. The fourth-order valence-electron chi connectivity index (χ4n) is 3.83. The van der Waals surface area contributed by atoms with Gasteiger partial charge in [0.1, 0.15) is 17.7 Å². The average molecular weight is 540 g/mol. The maximum absolute atomic E-state index is 12.6. The molecule has 37 heavy (non-hydrogen) atoms. The molecule has 3 aromatic rings. The van der Waals surface area contributed by atoms with E-state index in [0.29, 0.717) is 23.6 Å². The molecule has 1 N–H and O–H groups in total. The first-order chi connectivity index (χ1) is 17.8. The monoisotopic (exact) mass is 539 g/mol. The number of ether oxygens (including phenoxy) is 1. The van der Waals surface area contributed by atoms with Gasteiger partial charge >= 0.3 is 0 Å². The molecular weight excluding hydrogens is 510 g/mol. The summed E-state index contributed by atoms with van der Waals surface area (Å²) in [6.45, 7) is 1.07. The third kappa shape index (κ3) is 6.51. The van der Waals surface area contributed by atoms with Crippen molar-refractivity contribution in [2.24, 2.45) is 0 Å². The summed E-state index contributed by atoms with van der Waals surface area (Å²) in [4.78, 5) is 27.1. The van der Waals surface area contributed by atoms with E-state index in [1.54, 1.807) is 36.0 Å². The quantitative estimate of drug-likeness (QED) is 0.396. The van der Waals surface area contributed by atoms with Crippen molar-refractivity contribution >= 4 is 33.6 Å². The molecule has 0 unspecified atom stereocenters. The molecule has 0 spiro atoms. The fraction of sp³-hybridized carbons (Fsp3) is 0.259. The third-order valence-electron chi connectivity index (χ3n) is 5.88. The highest BCUT2D eigenvalue weighted by Crippen LogP contribution is 2.39. The molecule has 1 fully saturated rings. The van der Waals surface area contributed by atoms with Gasteiger partial charge in [-0.05, 0) is 47.5 Å². The van der Waals surface area contributed by atoms with Crippen molar-refractivity contribution in [1.82, 2.24) is 14.5 Å². The van der Waals surface area contributed by atoms with Crippen molar-refractivity contribution in [2.45, 2.75) is 16.8 Å². The number of carbonyl (C=O) groups is 2. The van der Waals surface area contributed by atoms with Gasteiger partial charge in [0, 0.05) is 26.2 Å². The van der Waals surface area contributed by atoms with Gasteiger partial charge in [0.05, 0.1) is 17.2 Å². The Labute approximate surface area is 221 Å². The Morgan fingerprint density at radius 2 is 1.70 bits per heavy atom. The lowest BCUT2D eigenvalue weighted by molar-refractivity contribution is -0.128. The van der Waals surface area contributed by atoms with Crippen molar-refractivity contribution in [1.29, 1.82) is 0 Å². The first-order valence-electron chi connectivity index (χ1n) is 11.7. The zero-order valence-corrected chi connectivity index (χ0v) is 22.3. The molecule has 0 aliphatic carbocycles. The van der Waals surface area contributed by atoms with Crippen LogP contribution in [0.5, 0.6) is 5.75 Å². The van der Waals surface area contributed by atoms with Gasteiger partial charge in [-0.3, -0.25) is 9.59 Å². The highest BCUT2D eigenvalue weighted by Gasteiger charge is 2.32. The Morgan fingerprint density at radius 1 is 1.03 bits per heavy atom. The number of sulfonamides is 1. The number of hydrogen-bond donors (Lipinski definition) is 1. The van der Waals surface area contributed by atoms with E-state index in [2.05, 4.69) is 5.32 Å². The number of nitrogens with one attached hydrogen (secondary N) is 1. The topological polar surface area (TPSA) is 96.0 Å². The second kappa shape index (κ2) is 11.8. The van der Waals surface area contributed by atoms with E-state index in [-0.39, 0.29) is 35.2 Å². The van der Waals surface area contributed by atoms with E-state index in [4.69, 9.17) is 4.74 Å². The van der Waals surface area contributed by atoms with Gasteiger partial charge in [-0.1, -0.05) is 42.5 Å². The normalized spacial score (nSPS) is 15.7. The Hall–Kier alpha value is -3.34. The van der Waals surface area contributed by atoms with Crippen LogP contribution in [0.3, 0.4) is 0 Å². The van der Waals surface area contributed by atoms with Crippen molar-refractivity contribution < 1.29 is 22.7 Å². The van der Waals surface area contributed by atoms with Crippen LogP contribution in [0.1, 0.15) is 26.9 Å². The summed E-state index contributed by atoms with van der Waals surface area (Å²) in [5, 5.41) is 2.74. The lowest BCUT2D eigenvalue weighted by Gasteiger charge is -2.24. The van der Waals surface area contributed by atoms with Crippen molar-refractivity contribution in [3.63, 3.8) is 0 Å². The van der Waals surface area contributed by atoms with E-state index in [9.17, 15) is 18.0 Å². The third-order valence-corrected chi connectivity index (χ3v) is 8.97. The molecule has 1 heterocycles. The van der Waals surface area contributed by atoms with Crippen LogP contribution in [0.2, 0.25) is 0 Å². The summed E-state index contributed by atoms with van der Waals surface area (Å²) < 4.78 is 31.0. The van der Waals surface area contributed by atoms with E-state index < -0.39 is 10.0 Å². The molecular formula is C27H29N3O5S2. The van der Waals surface area contributed by atoms with E-state index in [0.717, 1.165) is 15.4 Å². The van der Waals surface area contributed by atoms with E-state index in [1.807, 2.05) is 47.4 Å². The fourth-order valence-corrected chi connectivity index (χ4v) is 5.92. The molecule has 4 rings (SSSR count). The highest BCUT2D eigenvalue weighted by molar-refractivity contribution is 8.00. The summed E-state index contributed by atoms with van der Waals surface area (Å²) in [5.74, 6) is 0.835. The molecule has 0 saturated carbocycles. The second-order valence-corrected chi connectivity index (χ2v) is 11.9. The number of amides is 2. The molecule has 2 amide bonds. The molecule has 1 atom stereocenters. The van der Waals surface area contributed by atoms with Gasteiger partial charge in [0.25, 0.3) is 5.91 Å². The predicted molar refractivity (Wildman–Crippen MR) is 144 cm³/mol. The molecule has 0 radical (unpaired) electrons. The van der Waals surface area contributed by atoms with Crippen LogP contribution in [-0.2, 0) is 21.4 Å².